The normalized spacial score (nSPS) is 18.3. The van der Waals surface area contributed by atoms with E-state index in [1.54, 1.807) is 11.8 Å². The first-order valence-electron chi connectivity index (χ1n) is 7.69. The first kappa shape index (κ1) is 17.8. The minimum absolute atomic E-state index is 0.0202. The molecule has 1 aliphatic heterocycles. The van der Waals surface area contributed by atoms with Crippen molar-refractivity contribution in [1.29, 1.82) is 0 Å². The predicted molar refractivity (Wildman–Crippen MR) is 81.9 cm³/mol. The van der Waals surface area contributed by atoms with E-state index in [9.17, 15) is 9.59 Å². The van der Waals surface area contributed by atoms with Crippen molar-refractivity contribution in [1.82, 2.24) is 9.80 Å². The number of piperidine rings is 1. The smallest absolute Gasteiger partial charge is 0.410 e. The highest BCUT2D eigenvalue weighted by Crippen LogP contribution is 2.19. The summed E-state index contributed by atoms with van der Waals surface area (Å²) in [7, 11) is 0. The maximum atomic E-state index is 12.1. The zero-order chi connectivity index (χ0) is 16.2. The Labute approximate surface area is 127 Å². The maximum Gasteiger partial charge on any atom is 0.410 e. The van der Waals surface area contributed by atoms with E-state index in [4.69, 9.17) is 10.5 Å². The molecule has 0 spiro atoms. The van der Waals surface area contributed by atoms with Crippen molar-refractivity contribution in [3.8, 4) is 0 Å². The zero-order valence-corrected chi connectivity index (χ0v) is 13.9. The third-order valence-corrected chi connectivity index (χ3v) is 3.57. The van der Waals surface area contributed by atoms with Gasteiger partial charge >= 0.3 is 6.09 Å². The zero-order valence-electron chi connectivity index (χ0n) is 13.9. The predicted octanol–water partition coefficient (Wildman–Crippen LogP) is 1.58. The second-order valence-electron chi connectivity index (χ2n) is 6.61. The Balaban J connectivity index is 2.55. The SMILES string of the molecule is CCN(C(=O)[C@H](C)N)C1CCN(C(=O)OC(C)(C)C)CC1. The van der Waals surface area contributed by atoms with Crippen LogP contribution in [0.25, 0.3) is 0 Å². The van der Waals surface area contributed by atoms with Crippen LogP contribution in [0.3, 0.4) is 0 Å². The van der Waals surface area contributed by atoms with Crippen LogP contribution in [0.5, 0.6) is 0 Å². The van der Waals surface area contributed by atoms with E-state index in [2.05, 4.69) is 0 Å². The molecule has 0 aromatic rings. The van der Waals surface area contributed by atoms with E-state index in [0.717, 1.165) is 12.8 Å². The van der Waals surface area contributed by atoms with Gasteiger partial charge < -0.3 is 20.3 Å². The van der Waals surface area contributed by atoms with Crippen molar-refractivity contribution in [2.45, 2.75) is 65.1 Å². The summed E-state index contributed by atoms with van der Waals surface area (Å²) in [5, 5.41) is 0. The number of carbonyl (C=O) groups excluding carboxylic acids is 2. The van der Waals surface area contributed by atoms with Gasteiger partial charge in [0.25, 0.3) is 0 Å². The topological polar surface area (TPSA) is 75.9 Å². The number of likely N-dealkylation sites (tertiary alicyclic amines) is 1. The minimum Gasteiger partial charge on any atom is -0.444 e. The van der Waals surface area contributed by atoms with Crippen LogP contribution in [0.15, 0.2) is 0 Å². The Bertz CT molecular complexity index is 369. The number of likely N-dealkylation sites (N-methyl/N-ethyl adjacent to an activating group) is 1. The van der Waals surface area contributed by atoms with Gasteiger partial charge in [-0.25, -0.2) is 4.79 Å². The fourth-order valence-electron chi connectivity index (χ4n) is 2.54. The first-order chi connectivity index (χ1) is 9.65. The highest BCUT2D eigenvalue weighted by Gasteiger charge is 2.31. The van der Waals surface area contributed by atoms with Crippen LogP contribution in [-0.2, 0) is 9.53 Å². The van der Waals surface area contributed by atoms with Gasteiger partial charge in [0.05, 0.1) is 6.04 Å². The van der Waals surface area contributed by atoms with Crippen molar-refractivity contribution >= 4 is 12.0 Å². The lowest BCUT2D eigenvalue weighted by Crippen LogP contribution is -2.52. The van der Waals surface area contributed by atoms with E-state index in [-0.39, 0.29) is 18.0 Å². The molecule has 0 saturated carbocycles. The molecule has 0 aliphatic carbocycles. The Morgan fingerprint density at radius 3 is 2.24 bits per heavy atom. The number of hydrogen-bond acceptors (Lipinski definition) is 4. The number of carbonyl (C=O) groups is 2. The minimum atomic E-state index is -0.478. The number of rotatable bonds is 3. The lowest BCUT2D eigenvalue weighted by atomic mass is 10.0. The summed E-state index contributed by atoms with van der Waals surface area (Å²) in [6, 6.07) is -0.318. The van der Waals surface area contributed by atoms with Crippen LogP contribution in [0, 0.1) is 0 Å². The molecule has 1 aliphatic rings. The molecule has 1 fully saturated rings. The van der Waals surface area contributed by atoms with E-state index >= 15 is 0 Å². The van der Waals surface area contributed by atoms with E-state index < -0.39 is 11.6 Å². The van der Waals surface area contributed by atoms with Gasteiger partial charge in [0.1, 0.15) is 5.60 Å². The summed E-state index contributed by atoms with van der Waals surface area (Å²) in [5.74, 6) is -0.0202. The fraction of sp³-hybridized carbons (Fsp3) is 0.867. The summed E-state index contributed by atoms with van der Waals surface area (Å²) in [4.78, 5) is 27.6. The van der Waals surface area contributed by atoms with Gasteiger partial charge in [0, 0.05) is 25.7 Å². The largest absolute Gasteiger partial charge is 0.444 e. The Hall–Kier alpha value is -1.30. The lowest BCUT2D eigenvalue weighted by molar-refractivity contribution is -0.135. The molecule has 0 aromatic heterocycles. The van der Waals surface area contributed by atoms with Gasteiger partial charge in [-0.2, -0.15) is 0 Å². The number of ether oxygens (including phenoxy) is 1. The molecule has 2 N–H and O–H groups in total. The lowest BCUT2D eigenvalue weighted by Gasteiger charge is -2.39. The average Bonchev–Trinajstić information content (AvgIpc) is 2.38. The highest BCUT2D eigenvalue weighted by molar-refractivity contribution is 5.81. The summed E-state index contributed by atoms with van der Waals surface area (Å²) in [6.07, 6.45) is 1.26. The molecule has 6 heteroatoms. The van der Waals surface area contributed by atoms with E-state index in [1.807, 2.05) is 32.6 Å². The molecule has 0 bridgehead atoms. The van der Waals surface area contributed by atoms with Gasteiger partial charge in [-0.05, 0) is 47.5 Å². The molecule has 0 radical (unpaired) electrons. The molecule has 122 valence electrons. The van der Waals surface area contributed by atoms with E-state index in [1.165, 1.54) is 0 Å². The number of nitrogens with zero attached hydrogens (tertiary/aromatic N) is 2. The molecule has 1 heterocycles. The standard InChI is InChI=1S/C15H29N3O3/c1-6-18(13(19)11(2)16)12-7-9-17(10-8-12)14(20)21-15(3,4)5/h11-12H,6-10,16H2,1-5H3/t11-/m0/s1. The fourth-order valence-corrected chi connectivity index (χ4v) is 2.54. The monoisotopic (exact) mass is 299 g/mol. The molecule has 21 heavy (non-hydrogen) atoms. The summed E-state index contributed by atoms with van der Waals surface area (Å²) in [6.45, 7) is 11.1. The maximum absolute atomic E-state index is 12.1. The van der Waals surface area contributed by atoms with Gasteiger partial charge in [-0.3, -0.25) is 4.79 Å². The van der Waals surface area contributed by atoms with Gasteiger partial charge in [-0.15, -0.1) is 0 Å². The van der Waals surface area contributed by atoms with Gasteiger partial charge in [-0.1, -0.05) is 0 Å². The van der Waals surface area contributed by atoms with E-state index in [0.29, 0.717) is 19.6 Å². The Morgan fingerprint density at radius 2 is 1.86 bits per heavy atom. The number of hydrogen-bond donors (Lipinski definition) is 1. The summed E-state index contributed by atoms with van der Waals surface area (Å²) < 4.78 is 5.37. The second-order valence-corrected chi connectivity index (χ2v) is 6.61. The molecule has 2 amide bonds. The number of nitrogens with two attached hydrogens (primary N) is 1. The van der Waals surface area contributed by atoms with Crippen LogP contribution in [-0.4, -0.2) is 59.1 Å². The molecule has 0 unspecified atom stereocenters. The second kappa shape index (κ2) is 7.11. The average molecular weight is 299 g/mol. The van der Waals surface area contributed by atoms with Crippen molar-refractivity contribution in [2.24, 2.45) is 5.73 Å². The quantitative estimate of drug-likeness (QED) is 0.858. The summed E-state index contributed by atoms with van der Waals surface area (Å²) in [5.41, 5.74) is 5.21. The third kappa shape index (κ3) is 5.19. The molecule has 1 saturated heterocycles. The van der Waals surface area contributed by atoms with Crippen molar-refractivity contribution in [2.75, 3.05) is 19.6 Å². The number of amides is 2. The Morgan fingerprint density at radius 1 is 1.33 bits per heavy atom. The van der Waals surface area contributed by atoms with Crippen LogP contribution in [0.1, 0.15) is 47.5 Å². The Kier molecular flexibility index (Phi) is 6.01. The van der Waals surface area contributed by atoms with Crippen molar-refractivity contribution < 1.29 is 14.3 Å². The molecular weight excluding hydrogens is 270 g/mol. The van der Waals surface area contributed by atoms with Crippen LogP contribution in [0.4, 0.5) is 4.79 Å². The molecule has 0 aromatic carbocycles. The summed E-state index contributed by atoms with van der Waals surface area (Å²) >= 11 is 0. The van der Waals surface area contributed by atoms with Crippen LogP contribution in [0.2, 0.25) is 0 Å². The van der Waals surface area contributed by atoms with Crippen molar-refractivity contribution in [3.05, 3.63) is 0 Å². The third-order valence-electron chi connectivity index (χ3n) is 3.57. The highest BCUT2D eigenvalue weighted by atomic mass is 16.6. The van der Waals surface area contributed by atoms with Gasteiger partial charge in [0.2, 0.25) is 5.91 Å². The van der Waals surface area contributed by atoms with Crippen molar-refractivity contribution in [3.63, 3.8) is 0 Å². The molecule has 1 rings (SSSR count). The van der Waals surface area contributed by atoms with Gasteiger partial charge in [0.15, 0.2) is 0 Å². The molecule has 6 nitrogen and oxygen atoms in total. The first-order valence-corrected chi connectivity index (χ1v) is 7.69. The van der Waals surface area contributed by atoms with Crippen LogP contribution >= 0.6 is 0 Å². The molecular formula is C15H29N3O3. The van der Waals surface area contributed by atoms with Crippen LogP contribution < -0.4 is 5.73 Å². The molecule has 1 atom stereocenters.